The minimum Gasteiger partial charge on any atom is -0.295 e. The summed E-state index contributed by atoms with van der Waals surface area (Å²) in [5.74, 6) is -0.414. The molecule has 0 fully saturated rings. The summed E-state index contributed by atoms with van der Waals surface area (Å²) in [5.41, 5.74) is 1.34. The van der Waals surface area contributed by atoms with Gasteiger partial charge < -0.3 is 0 Å². The largest absolute Gasteiger partial charge is 0.295 e. The first-order valence-electron chi connectivity index (χ1n) is 3.90. The second-order valence-electron chi connectivity index (χ2n) is 2.80. The van der Waals surface area contributed by atoms with E-state index in [1.165, 1.54) is 19.1 Å². The van der Waals surface area contributed by atoms with Crippen LogP contribution in [0.3, 0.4) is 0 Å². The molecule has 0 saturated carbocycles. The number of nitrogens with zero attached hydrogens (tertiary/aromatic N) is 1. The highest BCUT2D eigenvalue weighted by Gasteiger charge is 1.97. The van der Waals surface area contributed by atoms with E-state index in [-0.39, 0.29) is 11.6 Å². The van der Waals surface area contributed by atoms with E-state index >= 15 is 0 Å². The Bertz CT molecular complexity index is 358. The van der Waals surface area contributed by atoms with Gasteiger partial charge >= 0.3 is 0 Å². The van der Waals surface area contributed by atoms with E-state index in [0.717, 1.165) is 11.8 Å². The fourth-order valence-electron chi connectivity index (χ4n) is 0.922. The minimum atomic E-state index is -0.363. The molecular weight excluding hydrogens is 169 g/mol. The summed E-state index contributed by atoms with van der Waals surface area (Å²) in [6, 6.07) is 1.38. The van der Waals surface area contributed by atoms with Crippen molar-refractivity contribution in [2.45, 2.75) is 13.8 Å². The van der Waals surface area contributed by atoms with E-state index in [9.17, 15) is 9.18 Å². The first kappa shape index (κ1) is 9.58. The number of hydrogen-bond donors (Lipinski definition) is 0. The number of carbonyl (C=O) groups is 1. The molecular formula is C10H10FNO. The number of ketones is 1. The van der Waals surface area contributed by atoms with E-state index < -0.39 is 0 Å². The zero-order valence-corrected chi connectivity index (χ0v) is 7.54. The van der Waals surface area contributed by atoms with E-state index in [2.05, 4.69) is 4.98 Å². The Balaban J connectivity index is 2.96. The zero-order valence-electron chi connectivity index (χ0n) is 7.54. The van der Waals surface area contributed by atoms with Gasteiger partial charge in [-0.25, -0.2) is 4.39 Å². The van der Waals surface area contributed by atoms with Crippen molar-refractivity contribution in [1.29, 1.82) is 0 Å². The summed E-state index contributed by atoms with van der Waals surface area (Å²) in [4.78, 5) is 14.4. The van der Waals surface area contributed by atoms with Gasteiger partial charge in [0.05, 0.1) is 11.9 Å². The van der Waals surface area contributed by atoms with Crippen LogP contribution in [0.25, 0.3) is 6.08 Å². The number of allylic oxidation sites excluding steroid dienone is 1. The molecule has 68 valence electrons. The van der Waals surface area contributed by atoms with Gasteiger partial charge in [-0.05, 0) is 37.6 Å². The van der Waals surface area contributed by atoms with Crippen molar-refractivity contribution in [2.24, 2.45) is 0 Å². The van der Waals surface area contributed by atoms with Crippen LogP contribution in [-0.2, 0) is 4.79 Å². The summed E-state index contributed by atoms with van der Waals surface area (Å²) >= 11 is 0. The molecule has 1 heterocycles. The molecule has 0 N–H and O–H groups in total. The predicted molar refractivity (Wildman–Crippen MR) is 48.6 cm³/mol. The van der Waals surface area contributed by atoms with Crippen molar-refractivity contribution in [1.82, 2.24) is 4.98 Å². The van der Waals surface area contributed by atoms with Gasteiger partial charge in [-0.3, -0.25) is 9.78 Å². The number of pyridine rings is 1. The van der Waals surface area contributed by atoms with E-state index in [1.54, 1.807) is 13.0 Å². The third-order valence-corrected chi connectivity index (χ3v) is 1.56. The zero-order chi connectivity index (χ0) is 9.84. The molecule has 0 aliphatic rings. The lowest BCUT2D eigenvalue weighted by Crippen LogP contribution is -1.89. The Labute approximate surface area is 76.1 Å². The van der Waals surface area contributed by atoms with Crippen molar-refractivity contribution in [3.05, 3.63) is 35.4 Å². The van der Waals surface area contributed by atoms with Crippen molar-refractivity contribution in [3.8, 4) is 0 Å². The average Bonchev–Trinajstić information content (AvgIpc) is 2.02. The van der Waals surface area contributed by atoms with Crippen LogP contribution >= 0.6 is 0 Å². The molecule has 0 aliphatic heterocycles. The molecule has 0 bridgehead atoms. The Morgan fingerprint density at radius 3 is 2.85 bits per heavy atom. The summed E-state index contributed by atoms with van der Waals surface area (Å²) in [7, 11) is 0. The number of rotatable bonds is 2. The van der Waals surface area contributed by atoms with Crippen molar-refractivity contribution >= 4 is 11.9 Å². The number of hydrogen-bond acceptors (Lipinski definition) is 2. The molecule has 0 spiro atoms. The molecule has 1 rings (SSSR count). The van der Waals surface area contributed by atoms with Crippen molar-refractivity contribution in [2.75, 3.05) is 0 Å². The fraction of sp³-hybridized carbons (Fsp3) is 0.200. The molecule has 3 heteroatoms. The molecule has 0 aromatic carbocycles. The summed E-state index contributed by atoms with van der Waals surface area (Å²) in [6.45, 7) is 3.20. The summed E-state index contributed by atoms with van der Waals surface area (Å²) in [5, 5.41) is 0. The molecule has 1 aromatic rings. The molecule has 0 aliphatic carbocycles. The van der Waals surface area contributed by atoms with Gasteiger partial charge in [0.15, 0.2) is 5.78 Å². The molecule has 2 nitrogen and oxygen atoms in total. The van der Waals surface area contributed by atoms with Gasteiger partial charge in [0.2, 0.25) is 0 Å². The highest BCUT2D eigenvalue weighted by molar-refractivity contribution is 5.91. The number of halogens is 1. The molecule has 0 radical (unpaired) electrons. The first-order valence-corrected chi connectivity index (χ1v) is 3.90. The molecule has 13 heavy (non-hydrogen) atoms. The highest BCUT2D eigenvalue weighted by atomic mass is 19.1. The van der Waals surface area contributed by atoms with Crippen LogP contribution in [0.5, 0.6) is 0 Å². The maximum absolute atomic E-state index is 12.6. The van der Waals surface area contributed by atoms with Gasteiger partial charge in [-0.1, -0.05) is 0 Å². The molecule has 0 amide bonds. The number of carbonyl (C=O) groups excluding carboxylic acids is 1. The lowest BCUT2D eigenvalue weighted by Gasteiger charge is -1.97. The monoisotopic (exact) mass is 179 g/mol. The van der Waals surface area contributed by atoms with Gasteiger partial charge in [0.1, 0.15) is 5.82 Å². The third kappa shape index (κ3) is 2.78. The van der Waals surface area contributed by atoms with E-state index in [0.29, 0.717) is 5.69 Å². The highest BCUT2D eigenvalue weighted by Crippen LogP contribution is 2.07. The Hall–Kier alpha value is -1.51. The van der Waals surface area contributed by atoms with Crippen molar-refractivity contribution < 1.29 is 9.18 Å². The first-order chi connectivity index (χ1) is 6.09. The van der Waals surface area contributed by atoms with Crippen LogP contribution in [-0.4, -0.2) is 10.8 Å². The van der Waals surface area contributed by atoms with Gasteiger partial charge in [-0.15, -0.1) is 0 Å². The standard InChI is InChI=1S/C10H10FNO/c1-7-5-9(11)6-12-10(7)4-3-8(2)13/h3-6H,1-2H3/b4-3-. The lowest BCUT2D eigenvalue weighted by atomic mass is 10.2. The second-order valence-corrected chi connectivity index (χ2v) is 2.80. The molecule has 1 aromatic heterocycles. The molecule has 0 unspecified atom stereocenters. The Morgan fingerprint density at radius 1 is 1.62 bits per heavy atom. The van der Waals surface area contributed by atoms with Crippen LogP contribution in [0, 0.1) is 12.7 Å². The second kappa shape index (κ2) is 3.94. The fourth-order valence-corrected chi connectivity index (χ4v) is 0.922. The average molecular weight is 179 g/mol. The minimum absolute atomic E-state index is 0.0504. The topological polar surface area (TPSA) is 30.0 Å². The van der Waals surface area contributed by atoms with Crippen LogP contribution in [0.1, 0.15) is 18.2 Å². The Morgan fingerprint density at radius 2 is 2.31 bits per heavy atom. The van der Waals surface area contributed by atoms with Gasteiger partial charge in [0.25, 0.3) is 0 Å². The number of aryl methyl sites for hydroxylation is 1. The van der Waals surface area contributed by atoms with E-state index in [4.69, 9.17) is 0 Å². The SMILES string of the molecule is CC(=O)/C=C\c1ncc(F)cc1C. The maximum Gasteiger partial charge on any atom is 0.152 e. The number of aromatic nitrogens is 1. The third-order valence-electron chi connectivity index (χ3n) is 1.56. The smallest absolute Gasteiger partial charge is 0.152 e. The summed E-state index contributed by atoms with van der Waals surface area (Å²) in [6.07, 6.45) is 4.12. The van der Waals surface area contributed by atoms with Crippen LogP contribution < -0.4 is 0 Å². The van der Waals surface area contributed by atoms with Gasteiger partial charge in [-0.2, -0.15) is 0 Å². The van der Waals surface area contributed by atoms with Crippen LogP contribution in [0.2, 0.25) is 0 Å². The van der Waals surface area contributed by atoms with E-state index in [1.807, 2.05) is 0 Å². The Kier molecular flexibility index (Phi) is 2.90. The van der Waals surface area contributed by atoms with Crippen LogP contribution in [0.15, 0.2) is 18.3 Å². The van der Waals surface area contributed by atoms with Gasteiger partial charge in [0, 0.05) is 0 Å². The quantitative estimate of drug-likeness (QED) is 0.651. The summed E-state index contributed by atoms with van der Waals surface area (Å²) < 4.78 is 12.6. The molecule has 0 atom stereocenters. The lowest BCUT2D eigenvalue weighted by molar-refractivity contribution is -0.112. The van der Waals surface area contributed by atoms with Crippen molar-refractivity contribution in [3.63, 3.8) is 0 Å². The normalized spacial score (nSPS) is 10.7. The predicted octanol–water partition coefficient (Wildman–Crippen LogP) is 2.13. The maximum atomic E-state index is 12.6. The molecule has 0 saturated heterocycles. The van der Waals surface area contributed by atoms with Crippen LogP contribution in [0.4, 0.5) is 4.39 Å².